The SMILES string of the molecule is Cc1onc(-c2ccccc2)c1C(=O)N1CCN(S(=O)(=O)c2ccccc2F)CC1. The number of aryl methyl sites for hydroxylation is 1. The molecule has 0 N–H and O–H groups in total. The van der Waals surface area contributed by atoms with Gasteiger partial charge < -0.3 is 9.42 Å². The molecule has 9 heteroatoms. The number of amides is 1. The summed E-state index contributed by atoms with van der Waals surface area (Å²) in [5, 5.41) is 4.03. The van der Waals surface area contributed by atoms with E-state index >= 15 is 0 Å². The van der Waals surface area contributed by atoms with Crippen molar-refractivity contribution >= 4 is 15.9 Å². The molecule has 0 aliphatic carbocycles. The Kier molecular flexibility index (Phi) is 5.40. The summed E-state index contributed by atoms with van der Waals surface area (Å²) in [6, 6.07) is 14.5. The lowest BCUT2D eigenvalue weighted by Crippen LogP contribution is -2.50. The number of sulfonamides is 1. The van der Waals surface area contributed by atoms with Crippen molar-refractivity contribution in [1.29, 1.82) is 0 Å². The number of benzene rings is 2. The van der Waals surface area contributed by atoms with Gasteiger partial charge in [-0.25, -0.2) is 12.8 Å². The Morgan fingerprint density at radius 3 is 2.30 bits per heavy atom. The quantitative estimate of drug-likeness (QED) is 0.637. The molecule has 1 amide bonds. The summed E-state index contributed by atoms with van der Waals surface area (Å²) in [7, 11) is -3.97. The van der Waals surface area contributed by atoms with E-state index in [1.54, 1.807) is 11.8 Å². The summed E-state index contributed by atoms with van der Waals surface area (Å²) in [6.07, 6.45) is 0. The molecule has 0 saturated carbocycles. The van der Waals surface area contributed by atoms with E-state index in [9.17, 15) is 17.6 Å². The van der Waals surface area contributed by atoms with Gasteiger partial charge in [0.05, 0.1) is 0 Å². The maximum atomic E-state index is 14.0. The molecule has 1 aliphatic heterocycles. The van der Waals surface area contributed by atoms with Crippen LogP contribution in [0.3, 0.4) is 0 Å². The molecule has 1 aliphatic rings. The van der Waals surface area contributed by atoms with E-state index in [-0.39, 0.29) is 37.0 Å². The number of carbonyl (C=O) groups is 1. The molecular formula is C21H20FN3O4S. The van der Waals surface area contributed by atoms with Gasteiger partial charge in [0.1, 0.15) is 27.7 Å². The molecular weight excluding hydrogens is 409 g/mol. The number of halogens is 1. The van der Waals surface area contributed by atoms with Gasteiger partial charge in [-0.05, 0) is 19.1 Å². The Bertz CT molecular complexity index is 1170. The second-order valence-corrected chi connectivity index (χ2v) is 8.86. The van der Waals surface area contributed by atoms with Gasteiger partial charge in [-0.1, -0.05) is 47.6 Å². The third-order valence-electron chi connectivity index (χ3n) is 5.10. The van der Waals surface area contributed by atoms with Crippen molar-refractivity contribution in [2.24, 2.45) is 0 Å². The van der Waals surface area contributed by atoms with E-state index in [1.807, 2.05) is 30.3 Å². The fourth-order valence-corrected chi connectivity index (χ4v) is 4.99. The van der Waals surface area contributed by atoms with Crippen molar-refractivity contribution < 1.29 is 22.1 Å². The van der Waals surface area contributed by atoms with E-state index < -0.39 is 15.8 Å². The van der Waals surface area contributed by atoms with Crippen molar-refractivity contribution in [3.05, 3.63) is 71.7 Å². The Morgan fingerprint density at radius 1 is 1.00 bits per heavy atom. The van der Waals surface area contributed by atoms with E-state index in [0.29, 0.717) is 17.0 Å². The van der Waals surface area contributed by atoms with Crippen LogP contribution in [0.4, 0.5) is 4.39 Å². The minimum Gasteiger partial charge on any atom is -0.360 e. The number of nitrogens with zero attached hydrogens (tertiary/aromatic N) is 3. The standard InChI is InChI=1S/C21H20FN3O4S/c1-15-19(20(23-29-15)16-7-3-2-4-8-16)21(26)24-11-13-25(14-12-24)30(27,28)18-10-6-5-9-17(18)22/h2-10H,11-14H2,1H3. The molecule has 0 bridgehead atoms. The van der Waals surface area contributed by atoms with Gasteiger partial charge in [0.15, 0.2) is 0 Å². The first-order valence-corrected chi connectivity index (χ1v) is 10.9. The highest BCUT2D eigenvalue weighted by Crippen LogP contribution is 2.27. The monoisotopic (exact) mass is 429 g/mol. The molecule has 1 fully saturated rings. The Labute approximate surface area is 173 Å². The first kappa shape index (κ1) is 20.2. The van der Waals surface area contributed by atoms with E-state index in [1.165, 1.54) is 22.5 Å². The molecule has 2 heterocycles. The normalized spacial score (nSPS) is 15.3. The highest BCUT2D eigenvalue weighted by atomic mass is 32.2. The molecule has 0 radical (unpaired) electrons. The van der Waals surface area contributed by atoms with Gasteiger partial charge in [-0.2, -0.15) is 4.31 Å². The van der Waals surface area contributed by atoms with Gasteiger partial charge in [0.25, 0.3) is 5.91 Å². The molecule has 156 valence electrons. The molecule has 4 rings (SSSR count). The smallest absolute Gasteiger partial charge is 0.259 e. The number of rotatable bonds is 4. The summed E-state index contributed by atoms with van der Waals surface area (Å²) in [4.78, 5) is 14.4. The zero-order valence-corrected chi connectivity index (χ0v) is 17.1. The molecule has 7 nitrogen and oxygen atoms in total. The maximum absolute atomic E-state index is 14.0. The van der Waals surface area contributed by atoms with Crippen LogP contribution < -0.4 is 0 Å². The van der Waals surface area contributed by atoms with E-state index in [2.05, 4.69) is 5.16 Å². The van der Waals surface area contributed by atoms with E-state index in [0.717, 1.165) is 11.6 Å². The Morgan fingerprint density at radius 2 is 1.63 bits per heavy atom. The van der Waals surface area contributed by atoms with Crippen molar-refractivity contribution in [3.8, 4) is 11.3 Å². The van der Waals surface area contributed by atoms with Crippen LogP contribution in [0.15, 0.2) is 64.0 Å². The third-order valence-corrected chi connectivity index (χ3v) is 7.04. The zero-order valence-electron chi connectivity index (χ0n) is 16.3. The van der Waals surface area contributed by atoms with Crippen LogP contribution >= 0.6 is 0 Å². The fourth-order valence-electron chi connectivity index (χ4n) is 3.50. The lowest BCUT2D eigenvalue weighted by atomic mass is 10.0. The van der Waals surface area contributed by atoms with Gasteiger partial charge >= 0.3 is 0 Å². The fraction of sp³-hybridized carbons (Fsp3) is 0.238. The summed E-state index contributed by atoms with van der Waals surface area (Å²) < 4.78 is 46.0. The van der Waals surface area contributed by atoms with E-state index in [4.69, 9.17) is 4.52 Å². The zero-order chi connectivity index (χ0) is 21.3. The average Bonchev–Trinajstić information content (AvgIpc) is 3.15. The van der Waals surface area contributed by atoms with Gasteiger partial charge in [-0.3, -0.25) is 4.79 Å². The number of aromatic nitrogens is 1. The predicted molar refractivity (Wildman–Crippen MR) is 108 cm³/mol. The van der Waals surface area contributed by atoms with Crippen LogP contribution in [0.2, 0.25) is 0 Å². The molecule has 0 atom stereocenters. The lowest BCUT2D eigenvalue weighted by molar-refractivity contribution is 0.0696. The van der Waals surface area contributed by atoms with Crippen LogP contribution in [0.5, 0.6) is 0 Å². The summed E-state index contributed by atoms with van der Waals surface area (Å²) in [6.45, 7) is 2.20. The Balaban J connectivity index is 1.53. The average molecular weight is 429 g/mol. The summed E-state index contributed by atoms with van der Waals surface area (Å²) in [5.41, 5.74) is 1.59. The minimum absolute atomic E-state index is 0.0768. The van der Waals surface area contributed by atoms with Gasteiger partial charge in [0, 0.05) is 31.7 Å². The summed E-state index contributed by atoms with van der Waals surface area (Å²) in [5.74, 6) is -0.653. The number of carbonyl (C=O) groups excluding carboxylic acids is 1. The van der Waals surface area contributed by atoms with Gasteiger partial charge in [-0.15, -0.1) is 0 Å². The number of hydrogen-bond acceptors (Lipinski definition) is 5. The number of hydrogen-bond donors (Lipinski definition) is 0. The predicted octanol–water partition coefficient (Wildman–Crippen LogP) is 2.94. The molecule has 1 saturated heterocycles. The lowest BCUT2D eigenvalue weighted by Gasteiger charge is -2.34. The van der Waals surface area contributed by atoms with Crippen molar-refractivity contribution in [3.63, 3.8) is 0 Å². The topological polar surface area (TPSA) is 83.7 Å². The first-order chi connectivity index (χ1) is 14.4. The highest BCUT2D eigenvalue weighted by Gasteiger charge is 2.34. The van der Waals surface area contributed by atoms with Crippen LogP contribution in [0, 0.1) is 12.7 Å². The number of piperazine rings is 1. The van der Waals surface area contributed by atoms with Crippen molar-refractivity contribution in [1.82, 2.24) is 14.4 Å². The van der Waals surface area contributed by atoms with Crippen LogP contribution in [0.25, 0.3) is 11.3 Å². The second-order valence-electron chi connectivity index (χ2n) is 6.96. The minimum atomic E-state index is -3.97. The van der Waals surface area contributed by atoms with Gasteiger partial charge in [0.2, 0.25) is 10.0 Å². The van der Waals surface area contributed by atoms with Crippen LogP contribution in [0.1, 0.15) is 16.1 Å². The van der Waals surface area contributed by atoms with Crippen LogP contribution in [-0.2, 0) is 10.0 Å². The molecule has 2 aromatic carbocycles. The van der Waals surface area contributed by atoms with Crippen LogP contribution in [-0.4, -0.2) is 54.9 Å². The molecule has 30 heavy (non-hydrogen) atoms. The molecule has 0 spiro atoms. The highest BCUT2D eigenvalue weighted by molar-refractivity contribution is 7.89. The largest absolute Gasteiger partial charge is 0.360 e. The second kappa shape index (κ2) is 8.00. The molecule has 1 aromatic heterocycles. The first-order valence-electron chi connectivity index (χ1n) is 9.45. The maximum Gasteiger partial charge on any atom is 0.259 e. The summed E-state index contributed by atoms with van der Waals surface area (Å²) >= 11 is 0. The Hall–Kier alpha value is -3.04. The van der Waals surface area contributed by atoms with Crippen molar-refractivity contribution in [2.45, 2.75) is 11.8 Å². The van der Waals surface area contributed by atoms with Crippen molar-refractivity contribution in [2.75, 3.05) is 26.2 Å². The third kappa shape index (κ3) is 3.61. The molecule has 3 aromatic rings. The molecule has 0 unspecified atom stereocenters.